The Morgan fingerprint density at radius 2 is 2.11 bits per heavy atom. The first-order chi connectivity index (χ1) is 9.10. The summed E-state index contributed by atoms with van der Waals surface area (Å²) >= 11 is 5.57. The second kappa shape index (κ2) is 5.75. The van der Waals surface area contributed by atoms with E-state index >= 15 is 0 Å². The van der Waals surface area contributed by atoms with Gasteiger partial charge in [0, 0.05) is 12.5 Å². The van der Waals surface area contributed by atoms with Crippen LogP contribution in [0.15, 0.2) is 30.3 Å². The van der Waals surface area contributed by atoms with Gasteiger partial charge in [-0.1, -0.05) is 17.7 Å². The SMILES string of the molecule is COc1ccc(C(=O)Cc2ccc(Cl)c(F)c2)nn1. The predicted molar refractivity (Wildman–Crippen MR) is 68.0 cm³/mol. The minimum Gasteiger partial charge on any atom is -0.480 e. The molecule has 19 heavy (non-hydrogen) atoms. The highest BCUT2D eigenvalue weighted by atomic mass is 35.5. The lowest BCUT2D eigenvalue weighted by Gasteiger charge is -2.02. The van der Waals surface area contributed by atoms with E-state index in [4.69, 9.17) is 16.3 Å². The molecule has 1 aromatic carbocycles. The fourth-order valence-electron chi connectivity index (χ4n) is 1.50. The highest BCUT2D eigenvalue weighted by Crippen LogP contribution is 2.16. The molecular formula is C13H10ClFN2O2. The van der Waals surface area contributed by atoms with E-state index in [2.05, 4.69) is 10.2 Å². The van der Waals surface area contributed by atoms with Crippen molar-refractivity contribution in [3.63, 3.8) is 0 Å². The maximum atomic E-state index is 13.2. The first-order valence-electron chi connectivity index (χ1n) is 5.45. The summed E-state index contributed by atoms with van der Waals surface area (Å²) in [7, 11) is 1.46. The number of nitrogens with zero attached hydrogens (tertiary/aromatic N) is 2. The third-order valence-corrected chi connectivity index (χ3v) is 2.79. The number of hydrogen-bond donors (Lipinski definition) is 0. The maximum Gasteiger partial charge on any atom is 0.233 e. The van der Waals surface area contributed by atoms with Gasteiger partial charge in [0.25, 0.3) is 0 Å². The summed E-state index contributed by atoms with van der Waals surface area (Å²) in [5, 5.41) is 7.47. The number of aromatic nitrogens is 2. The van der Waals surface area contributed by atoms with Crippen LogP contribution in [-0.2, 0) is 6.42 Å². The van der Waals surface area contributed by atoms with Gasteiger partial charge < -0.3 is 4.74 Å². The summed E-state index contributed by atoms with van der Waals surface area (Å²) in [4.78, 5) is 11.9. The van der Waals surface area contributed by atoms with Crippen LogP contribution in [0.25, 0.3) is 0 Å². The van der Waals surface area contributed by atoms with Gasteiger partial charge in [0.05, 0.1) is 12.1 Å². The lowest BCUT2D eigenvalue weighted by molar-refractivity contribution is 0.0987. The van der Waals surface area contributed by atoms with Gasteiger partial charge in [-0.15, -0.1) is 10.2 Å². The number of carbonyl (C=O) groups is 1. The quantitative estimate of drug-likeness (QED) is 0.808. The molecule has 0 aliphatic carbocycles. The number of methoxy groups -OCH3 is 1. The van der Waals surface area contributed by atoms with Crippen LogP contribution in [0.5, 0.6) is 5.88 Å². The molecule has 0 atom stereocenters. The molecule has 0 saturated heterocycles. The van der Waals surface area contributed by atoms with Gasteiger partial charge in [-0.3, -0.25) is 4.79 Å². The predicted octanol–water partition coefficient (Wildman–Crippen LogP) is 2.70. The zero-order valence-electron chi connectivity index (χ0n) is 10.1. The number of halogens is 2. The maximum absolute atomic E-state index is 13.2. The minimum atomic E-state index is -0.548. The van der Waals surface area contributed by atoms with Gasteiger partial charge in [-0.05, 0) is 23.8 Å². The normalized spacial score (nSPS) is 10.3. The number of benzene rings is 1. The molecule has 0 amide bonds. The van der Waals surface area contributed by atoms with Crippen LogP contribution in [0.3, 0.4) is 0 Å². The van der Waals surface area contributed by atoms with E-state index in [-0.39, 0.29) is 22.9 Å². The standard InChI is InChI=1S/C13H10ClFN2O2/c1-19-13-5-4-11(16-17-13)12(18)7-8-2-3-9(14)10(15)6-8/h2-6H,7H2,1H3. The molecule has 0 unspecified atom stereocenters. The van der Waals surface area contributed by atoms with Crippen molar-refractivity contribution in [2.75, 3.05) is 7.11 Å². The number of ketones is 1. The number of hydrogen-bond acceptors (Lipinski definition) is 4. The summed E-state index contributed by atoms with van der Waals surface area (Å²) in [6.45, 7) is 0. The molecule has 0 bridgehead atoms. The van der Waals surface area contributed by atoms with Gasteiger partial charge in [-0.2, -0.15) is 0 Å². The summed E-state index contributed by atoms with van der Waals surface area (Å²) < 4.78 is 18.1. The van der Waals surface area contributed by atoms with Crippen LogP contribution in [-0.4, -0.2) is 23.1 Å². The highest BCUT2D eigenvalue weighted by molar-refractivity contribution is 6.30. The molecule has 4 nitrogen and oxygen atoms in total. The van der Waals surface area contributed by atoms with E-state index in [9.17, 15) is 9.18 Å². The molecule has 0 saturated carbocycles. The first kappa shape index (κ1) is 13.4. The average molecular weight is 281 g/mol. The second-order valence-electron chi connectivity index (χ2n) is 3.81. The van der Waals surface area contributed by atoms with Gasteiger partial charge in [0.1, 0.15) is 11.5 Å². The van der Waals surface area contributed by atoms with E-state index in [0.717, 1.165) is 0 Å². The molecular weight excluding hydrogens is 271 g/mol. The van der Waals surface area contributed by atoms with Crippen molar-refractivity contribution in [1.82, 2.24) is 10.2 Å². The topological polar surface area (TPSA) is 52.1 Å². The Bertz CT molecular complexity index is 602. The Kier molecular flexibility index (Phi) is 4.06. The van der Waals surface area contributed by atoms with Gasteiger partial charge in [-0.25, -0.2) is 4.39 Å². The van der Waals surface area contributed by atoms with Crippen LogP contribution >= 0.6 is 11.6 Å². The fraction of sp³-hybridized carbons (Fsp3) is 0.154. The largest absolute Gasteiger partial charge is 0.480 e. The van der Waals surface area contributed by atoms with E-state index < -0.39 is 5.82 Å². The van der Waals surface area contributed by atoms with E-state index in [1.807, 2.05) is 0 Å². The molecule has 2 aromatic rings. The van der Waals surface area contributed by atoms with Crippen LogP contribution < -0.4 is 4.74 Å². The summed E-state index contributed by atoms with van der Waals surface area (Å²) in [6, 6.07) is 7.31. The zero-order valence-corrected chi connectivity index (χ0v) is 10.8. The Labute approximate surface area is 114 Å². The lowest BCUT2D eigenvalue weighted by atomic mass is 10.1. The highest BCUT2D eigenvalue weighted by Gasteiger charge is 2.11. The minimum absolute atomic E-state index is 0.0282. The molecule has 0 spiro atoms. The van der Waals surface area contributed by atoms with E-state index in [1.54, 1.807) is 12.1 Å². The molecule has 6 heteroatoms. The first-order valence-corrected chi connectivity index (χ1v) is 5.83. The van der Waals surface area contributed by atoms with E-state index in [1.165, 1.54) is 25.3 Å². The van der Waals surface area contributed by atoms with Crippen LogP contribution in [0.2, 0.25) is 5.02 Å². The molecule has 2 rings (SSSR count). The Morgan fingerprint density at radius 1 is 1.32 bits per heavy atom. The van der Waals surface area contributed by atoms with E-state index in [0.29, 0.717) is 11.4 Å². The van der Waals surface area contributed by atoms with Gasteiger partial charge in [0.2, 0.25) is 5.88 Å². The molecule has 0 radical (unpaired) electrons. The molecule has 0 aliphatic rings. The number of Topliss-reactive ketones (excluding diaryl/α,β-unsaturated/α-hetero) is 1. The van der Waals surface area contributed by atoms with Crippen molar-refractivity contribution in [3.05, 3.63) is 52.4 Å². The van der Waals surface area contributed by atoms with Crippen LogP contribution in [0.1, 0.15) is 16.1 Å². The average Bonchev–Trinajstić information content (AvgIpc) is 2.43. The molecule has 0 fully saturated rings. The molecule has 1 aromatic heterocycles. The third kappa shape index (κ3) is 3.26. The summed E-state index contributed by atoms with van der Waals surface area (Å²) in [5.74, 6) is -0.473. The third-order valence-electron chi connectivity index (χ3n) is 2.48. The van der Waals surface area contributed by atoms with Gasteiger partial charge >= 0.3 is 0 Å². The van der Waals surface area contributed by atoms with Crippen molar-refractivity contribution >= 4 is 17.4 Å². The monoisotopic (exact) mass is 280 g/mol. The van der Waals surface area contributed by atoms with Crippen molar-refractivity contribution in [3.8, 4) is 5.88 Å². The Hall–Kier alpha value is -2.01. The molecule has 98 valence electrons. The van der Waals surface area contributed by atoms with Crippen LogP contribution in [0, 0.1) is 5.82 Å². The van der Waals surface area contributed by atoms with Crippen molar-refractivity contribution in [2.24, 2.45) is 0 Å². The second-order valence-corrected chi connectivity index (χ2v) is 4.22. The zero-order chi connectivity index (χ0) is 13.8. The van der Waals surface area contributed by atoms with Crippen molar-refractivity contribution < 1.29 is 13.9 Å². The Morgan fingerprint density at radius 3 is 2.68 bits per heavy atom. The number of rotatable bonds is 4. The van der Waals surface area contributed by atoms with Crippen molar-refractivity contribution in [2.45, 2.75) is 6.42 Å². The van der Waals surface area contributed by atoms with Crippen molar-refractivity contribution in [1.29, 1.82) is 0 Å². The smallest absolute Gasteiger partial charge is 0.233 e. The number of ether oxygens (including phenoxy) is 1. The summed E-state index contributed by atoms with van der Waals surface area (Å²) in [6.07, 6.45) is 0.0368. The van der Waals surface area contributed by atoms with Crippen LogP contribution in [0.4, 0.5) is 4.39 Å². The molecule has 0 aliphatic heterocycles. The fourth-order valence-corrected chi connectivity index (χ4v) is 1.62. The Balaban J connectivity index is 2.13. The molecule has 1 heterocycles. The molecule has 0 N–H and O–H groups in total. The van der Waals surface area contributed by atoms with Gasteiger partial charge in [0.15, 0.2) is 5.78 Å². The lowest BCUT2D eigenvalue weighted by Crippen LogP contribution is -2.07. The summed E-state index contributed by atoms with van der Waals surface area (Å²) in [5.41, 5.74) is 0.737. The number of carbonyl (C=O) groups excluding carboxylic acids is 1.